The SMILES string of the molecule is CCC(C(=O)OC(C)(C)C)S(=O)(=O)c1ccc(C)cc1. The summed E-state index contributed by atoms with van der Waals surface area (Å²) >= 11 is 0. The van der Waals surface area contributed by atoms with E-state index in [1.54, 1.807) is 39.8 Å². The van der Waals surface area contributed by atoms with Crippen LogP contribution >= 0.6 is 0 Å². The zero-order valence-corrected chi connectivity index (χ0v) is 13.5. The van der Waals surface area contributed by atoms with Gasteiger partial charge in [0.2, 0.25) is 0 Å². The zero-order valence-electron chi connectivity index (χ0n) is 12.6. The van der Waals surface area contributed by atoms with Gasteiger partial charge in [-0.3, -0.25) is 4.79 Å². The fourth-order valence-electron chi connectivity index (χ4n) is 1.77. The Kier molecular flexibility index (Phi) is 4.97. The molecular formula is C15H22O4S. The van der Waals surface area contributed by atoms with Crippen molar-refractivity contribution in [1.29, 1.82) is 0 Å². The van der Waals surface area contributed by atoms with E-state index in [-0.39, 0.29) is 11.3 Å². The maximum absolute atomic E-state index is 12.5. The smallest absolute Gasteiger partial charge is 0.325 e. The Morgan fingerprint density at radius 2 is 1.70 bits per heavy atom. The van der Waals surface area contributed by atoms with E-state index in [0.29, 0.717) is 0 Å². The first kappa shape index (κ1) is 16.7. The molecule has 112 valence electrons. The third kappa shape index (κ3) is 4.07. The van der Waals surface area contributed by atoms with Crippen LogP contribution in [0, 0.1) is 6.92 Å². The Balaban J connectivity index is 3.10. The Bertz CT molecular complexity index is 565. The van der Waals surface area contributed by atoms with Crippen molar-refractivity contribution in [2.45, 2.75) is 56.8 Å². The molecule has 0 bridgehead atoms. The van der Waals surface area contributed by atoms with Gasteiger partial charge in [-0.15, -0.1) is 0 Å². The minimum Gasteiger partial charge on any atom is -0.459 e. The van der Waals surface area contributed by atoms with Crippen molar-refractivity contribution in [2.75, 3.05) is 0 Å². The second kappa shape index (κ2) is 5.95. The van der Waals surface area contributed by atoms with Crippen LogP contribution in [0.15, 0.2) is 29.2 Å². The number of benzene rings is 1. The maximum atomic E-state index is 12.5. The normalized spacial score (nSPS) is 13.8. The van der Waals surface area contributed by atoms with Gasteiger partial charge in [0, 0.05) is 0 Å². The first-order valence-corrected chi connectivity index (χ1v) is 8.16. The van der Waals surface area contributed by atoms with Crippen LogP contribution in [0.2, 0.25) is 0 Å². The number of carbonyl (C=O) groups excluding carboxylic acids is 1. The molecule has 1 atom stereocenters. The summed E-state index contributed by atoms with van der Waals surface area (Å²) in [6, 6.07) is 6.48. The maximum Gasteiger partial charge on any atom is 0.325 e. The Morgan fingerprint density at radius 1 is 1.20 bits per heavy atom. The van der Waals surface area contributed by atoms with Gasteiger partial charge in [-0.25, -0.2) is 8.42 Å². The van der Waals surface area contributed by atoms with E-state index >= 15 is 0 Å². The summed E-state index contributed by atoms with van der Waals surface area (Å²) in [7, 11) is -3.71. The Hall–Kier alpha value is -1.36. The van der Waals surface area contributed by atoms with Crippen LogP contribution in [-0.2, 0) is 19.4 Å². The number of ether oxygens (including phenoxy) is 1. The predicted molar refractivity (Wildman–Crippen MR) is 78.3 cm³/mol. The number of sulfone groups is 1. The van der Waals surface area contributed by atoms with Crippen LogP contribution in [0.5, 0.6) is 0 Å². The number of hydrogen-bond donors (Lipinski definition) is 0. The molecule has 1 rings (SSSR count). The molecule has 0 saturated carbocycles. The number of carbonyl (C=O) groups is 1. The summed E-state index contributed by atoms with van der Waals surface area (Å²) in [5.74, 6) is -0.694. The van der Waals surface area contributed by atoms with Crippen LogP contribution in [0.1, 0.15) is 39.7 Å². The minimum absolute atomic E-state index is 0.154. The second-order valence-electron chi connectivity index (χ2n) is 5.79. The molecule has 0 amide bonds. The van der Waals surface area contributed by atoms with Crippen LogP contribution in [0.3, 0.4) is 0 Å². The lowest BCUT2D eigenvalue weighted by Gasteiger charge is -2.23. The molecule has 0 aliphatic carbocycles. The van der Waals surface area contributed by atoms with Gasteiger partial charge in [-0.05, 0) is 46.2 Å². The van der Waals surface area contributed by atoms with E-state index in [9.17, 15) is 13.2 Å². The van der Waals surface area contributed by atoms with Gasteiger partial charge in [0.15, 0.2) is 15.1 Å². The fraction of sp³-hybridized carbons (Fsp3) is 0.533. The zero-order chi connectivity index (χ0) is 15.6. The standard InChI is InChI=1S/C15H22O4S/c1-6-13(14(16)19-15(3,4)5)20(17,18)12-9-7-11(2)8-10-12/h7-10,13H,6H2,1-5H3. The molecule has 5 heteroatoms. The lowest BCUT2D eigenvalue weighted by Crippen LogP contribution is -2.36. The fourth-order valence-corrected chi connectivity index (χ4v) is 3.36. The summed E-state index contributed by atoms with van der Waals surface area (Å²) in [4.78, 5) is 12.2. The lowest BCUT2D eigenvalue weighted by atomic mass is 10.2. The summed E-state index contributed by atoms with van der Waals surface area (Å²) in [6.07, 6.45) is 0.186. The topological polar surface area (TPSA) is 60.4 Å². The van der Waals surface area contributed by atoms with E-state index in [2.05, 4.69) is 0 Å². The van der Waals surface area contributed by atoms with Crippen LogP contribution in [0.25, 0.3) is 0 Å². The van der Waals surface area contributed by atoms with E-state index in [1.165, 1.54) is 12.1 Å². The van der Waals surface area contributed by atoms with Crippen molar-refractivity contribution in [2.24, 2.45) is 0 Å². The number of rotatable bonds is 4. The van der Waals surface area contributed by atoms with Gasteiger partial charge in [-0.2, -0.15) is 0 Å². The lowest BCUT2D eigenvalue weighted by molar-refractivity contribution is -0.154. The molecule has 4 nitrogen and oxygen atoms in total. The molecule has 0 radical (unpaired) electrons. The predicted octanol–water partition coefficient (Wildman–Crippen LogP) is 2.89. The van der Waals surface area contributed by atoms with Gasteiger partial charge in [0.05, 0.1) is 4.90 Å². The minimum atomic E-state index is -3.71. The Morgan fingerprint density at radius 3 is 2.10 bits per heavy atom. The van der Waals surface area contributed by atoms with E-state index in [1.807, 2.05) is 6.92 Å². The molecule has 0 aromatic heterocycles. The van der Waals surface area contributed by atoms with Gasteiger partial charge in [0.25, 0.3) is 0 Å². The van der Waals surface area contributed by atoms with Crippen molar-refractivity contribution in [1.82, 2.24) is 0 Å². The van der Waals surface area contributed by atoms with Crippen LogP contribution in [-0.4, -0.2) is 25.2 Å². The second-order valence-corrected chi connectivity index (χ2v) is 7.92. The van der Waals surface area contributed by atoms with Gasteiger partial charge in [0.1, 0.15) is 5.60 Å². The highest BCUT2D eigenvalue weighted by Crippen LogP contribution is 2.22. The molecule has 0 heterocycles. The molecule has 0 aliphatic rings. The van der Waals surface area contributed by atoms with Crippen molar-refractivity contribution in [3.63, 3.8) is 0 Å². The highest BCUT2D eigenvalue weighted by atomic mass is 32.2. The molecular weight excluding hydrogens is 276 g/mol. The quantitative estimate of drug-likeness (QED) is 0.802. The summed E-state index contributed by atoms with van der Waals surface area (Å²) in [5.41, 5.74) is 0.266. The molecule has 20 heavy (non-hydrogen) atoms. The largest absolute Gasteiger partial charge is 0.459 e. The molecule has 1 aromatic carbocycles. The summed E-state index contributed by atoms with van der Waals surface area (Å²) < 4.78 is 30.2. The third-order valence-electron chi connectivity index (χ3n) is 2.76. The molecule has 1 unspecified atom stereocenters. The van der Waals surface area contributed by atoms with Gasteiger partial charge < -0.3 is 4.74 Å². The first-order chi connectivity index (χ1) is 9.08. The third-order valence-corrected chi connectivity index (χ3v) is 4.97. The van der Waals surface area contributed by atoms with E-state index in [4.69, 9.17) is 4.74 Å². The first-order valence-electron chi connectivity index (χ1n) is 6.61. The molecule has 0 N–H and O–H groups in total. The van der Waals surface area contributed by atoms with Crippen molar-refractivity contribution >= 4 is 15.8 Å². The molecule has 0 saturated heterocycles. The van der Waals surface area contributed by atoms with E-state index in [0.717, 1.165) is 5.56 Å². The summed E-state index contributed by atoms with van der Waals surface area (Å²) in [5, 5.41) is -1.16. The van der Waals surface area contributed by atoms with Crippen molar-refractivity contribution < 1.29 is 17.9 Å². The number of aryl methyl sites for hydroxylation is 1. The van der Waals surface area contributed by atoms with Gasteiger partial charge in [-0.1, -0.05) is 24.6 Å². The number of hydrogen-bond acceptors (Lipinski definition) is 4. The monoisotopic (exact) mass is 298 g/mol. The number of esters is 1. The van der Waals surface area contributed by atoms with Crippen LogP contribution in [0.4, 0.5) is 0 Å². The Labute approximate surface area is 121 Å². The molecule has 0 aliphatic heterocycles. The molecule has 1 aromatic rings. The average molecular weight is 298 g/mol. The summed E-state index contributed by atoms with van der Waals surface area (Å²) in [6.45, 7) is 8.70. The highest BCUT2D eigenvalue weighted by Gasteiger charge is 2.35. The van der Waals surface area contributed by atoms with Gasteiger partial charge >= 0.3 is 5.97 Å². The average Bonchev–Trinajstić information content (AvgIpc) is 2.27. The highest BCUT2D eigenvalue weighted by molar-refractivity contribution is 7.92. The van der Waals surface area contributed by atoms with Crippen molar-refractivity contribution in [3.05, 3.63) is 29.8 Å². The van der Waals surface area contributed by atoms with Crippen molar-refractivity contribution in [3.8, 4) is 0 Å². The van der Waals surface area contributed by atoms with Crippen LogP contribution < -0.4 is 0 Å². The molecule has 0 fully saturated rings. The van der Waals surface area contributed by atoms with E-state index < -0.39 is 26.7 Å². The molecule has 0 spiro atoms.